The van der Waals surface area contributed by atoms with E-state index in [-0.39, 0.29) is 29.7 Å². The number of hydrogen-bond donors (Lipinski definition) is 2. The van der Waals surface area contributed by atoms with Crippen molar-refractivity contribution in [1.29, 1.82) is 0 Å². The van der Waals surface area contributed by atoms with Crippen LogP contribution in [0.3, 0.4) is 0 Å². The molecule has 2 rings (SSSR count). The molecule has 20 heavy (non-hydrogen) atoms. The number of benzene rings is 1. The molecular formula is C13H15F2N3O2. The van der Waals surface area contributed by atoms with E-state index in [0.29, 0.717) is 5.56 Å². The second-order valence-corrected chi connectivity index (χ2v) is 4.68. The second kappa shape index (κ2) is 5.54. The molecule has 0 aliphatic heterocycles. The van der Waals surface area contributed by atoms with Gasteiger partial charge in [0, 0.05) is 0 Å². The zero-order valence-corrected chi connectivity index (χ0v) is 11.1. The first-order valence-electron chi connectivity index (χ1n) is 6.12. The standard InChI is InChI=1S/C13H15F2N3O2/c1-6(2)7-3-8(12(14)15)11(19)9(4-7)13-17-10(5-16)20-18-13/h3-4,6,12,19H,5,16H2,1-2H3. The zero-order chi connectivity index (χ0) is 14.9. The van der Waals surface area contributed by atoms with Gasteiger partial charge in [-0.25, -0.2) is 8.78 Å². The van der Waals surface area contributed by atoms with Crippen LogP contribution in [0.15, 0.2) is 16.7 Å². The normalized spacial score (nSPS) is 11.6. The summed E-state index contributed by atoms with van der Waals surface area (Å²) in [5.74, 6) is -0.290. The molecule has 0 spiro atoms. The van der Waals surface area contributed by atoms with E-state index in [4.69, 9.17) is 10.3 Å². The van der Waals surface area contributed by atoms with Crippen molar-refractivity contribution in [3.8, 4) is 17.1 Å². The van der Waals surface area contributed by atoms with Gasteiger partial charge in [0.25, 0.3) is 6.43 Å². The van der Waals surface area contributed by atoms with Gasteiger partial charge < -0.3 is 15.4 Å². The van der Waals surface area contributed by atoms with Crippen molar-refractivity contribution in [2.24, 2.45) is 5.73 Å². The molecule has 0 unspecified atom stereocenters. The van der Waals surface area contributed by atoms with Crippen molar-refractivity contribution in [2.75, 3.05) is 0 Å². The Morgan fingerprint density at radius 3 is 2.55 bits per heavy atom. The second-order valence-electron chi connectivity index (χ2n) is 4.68. The highest BCUT2D eigenvalue weighted by Gasteiger charge is 2.22. The summed E-state index contributed by atoms with van der Waals surface area (Å²) in [4.78, 5) is 3.95. The molecule has 0 aliphatic carbocycles. The summed E-state index contributed by atoms with van der Waals surface area (Å²) < 4.78 is 30.8. The number of phenols is 1. The molecule has 0 aliphatic rings. The minimum Gasteiger partial charge on any atom is -0.507 e. The van der Waals surface area contributed by atoms with Crippen LogP contribution in [-0.2, 0) is 6.54 Å². The van der Waals surface area contributed by atoms with Crippen LogP contribution in [0.1, 0.15) is 43.2 Å². The van der Waals surface area contributed by atoms with Crippen molar-refractivity contribution < 1.29 is 18.4 Å². The molecule has 0 bridgehead atoms. The van der Waals surface area contributed by atoms with Crippen LogP contribution in [0, 0.1) is 0 Å². The molecule has 0 atom stereocenters. The molecule has 108 valence electrons. The number of alkyl halides is 2. The molecule has 5 nitrogen and oxygen atoms in total. The Kier molecular flexibility index (Phi) is 3.99. The summed E-state index contributed by atoms with van der Waals surface area (Å²) >= 11 is 0. The molecule has 1 aromatic carbocycles. The lowest BCUT2D eigenvalue weighted by atomic mass is 9.96. The monoisotopic (exact) mass is 283 g/mol. The van der Waals surface area contributed by atoms with Gasteiger partial charge in [0.1, 0.15) is 5.75 Å². The fourth-order valence-corrected chi connectivity index (χ4v) is 1.80. The van der Waals surface area contributed by atoms with E-state index in [2.05, 4.69) is 10.1 Å². The van der Waals surface area contributed by atoms with Crippen LogP contribution >= 0.6 is 0 Å². The number of nitrogens with two attached hydrogens (primary N) is 1. The first kappa shape index (κ1) is 14.4. The lowest BCUT2D eigenvalue weighted by Gasteiger charge is -2.12. The average Bonchev–Trinajstić information content (AvgIpc) is 2.86. The summed E-state index contributed by atoms with van der Waals surface area (Å²) in [6.07, 6.45) is -2.78. The van der Waals surface area contributed by atoms with Crippen LogP contribution in [0.4, 0.5) is 8.78 Å². The van der Waals surface area contributed by atoms with Gasteiger partial charge in [0.2, 0.25) is 11.7 Å². The highest BCUT2D eigenvalue weighted by atomic mass is 19.3. The minimum atomic E-state index is -2.78. The maximum absolute atomic E-state index is 13.0. The maximum atomic E-state index is 13.0. The molecule has 0 saturated carbocycles. The van der Waals surface area contributed by atoms with Crippen LogP contribution in [-0.4, -0.2) is 15.2 Å². The van der Waals surface area contributed by atoms with E-state index in [1.165, 1.54) is 6.07 Å². The number of aromatic nitrogens is 2. The smallest absolute Gasteiger partial charge is 0.267 e. The van der Waals surface area contributed by atoms with Crippen LogP contribution < -0.4 is 5.73 Å². The van der Waals surface area contributed by atoms with Gasteiger partial charge >= 0.3 is 0 Å². The van der Waals surface area contributed by atoms with Crippen molar-refractivity contribution in [3.05, 3.63) is 29.2 Å². The van der Waals surface area contributed by atoms with Crippen molar-refractivity contribution >= 4 is 0 Å². The lowest BCUT2D eigenvalue weighted by molar-refractivity contribution is 0.147. The van der Waals surface area contributed by atoms with E-state index in [1.54, 1.807) is 6.07 Å². The van der Waals surface area contributed by atoms with E-state index in [1.807, 2.05) is 13.8 Å². The topological polar surface area (TPSA) is 85.2 Å². The summed E-state index contributed by atoms with van der Waals surface area (Å²) in [7, 11) is 0. The summed E-state index contributed by atoms with van der Waals surface area (Å²) in [6, 6.07) is 2.87. The average molecular weight is 283 g/mol. The Hall–Kier alpha value is -2.02. The Bertz CT molecular complexity index is 612. The lowest BCUT2D eigenvalue weighted by Crippen LogP contribution is -1.97. The molecule has 7 heteroatoms. The Balaban J connectivity index is 2.61. The van der Waals surface area contributed by atoms with Crippen molar-refractivity contribution in [1.82, 2.24) is 10.1 Å². The van der Waals surface area contributed by atoms with Gasteiger partial charge in [-0.2, -0.15) is 4.98 Å². The predicted octanol–water partition coefficient (Wildman–Crippen LogP) is 2.96. The van der Waals surface area contributed by atoms with E-state index in [9.17, 15) is 13.9 Å². The largest absolute Gasteiger partial charge is 0.507 e. The van der Waals surface area contributed by atoms with Gasteiger partial charge in [-0.15, -0.1) is 0 Å². The predicted molar refractivity (Wildman–Crippen MR) is 68.3 cm³/mol. The summed E-state index contributed by atoms with van der Waals surface area (Å²) in [5.41, 5.74) is 5.70. The fraction of sp³-hybridized carbons (Fsp3) is 0.385. The van der Waals surface area contributed by atoms with Crippen LogP contribution in [0.2, 0.25) is 0 Å². The number of hydrogen-bond acceptors (Lipinski definition) is 5. The van der Waals surface area contributed by atoms with Gasteiger partial charge in [0.05, 0.1) is 17.7 Å². The number of phenolic OH excluding ortho intramolecular Hbond substituents is 1. The molecule has 1 heterocycles. The van der Waals surface area contributed by atoms with E-state index in [0.717, 1.165) is 0 Å². The molecule has 0 saturated heterocycles. The van der Waals surface area contributed by atoms with Crippen molar-refractivity contribution in [3.63, 3.8) is 0 Å². The highest BCUT2D eigenvalue weighted by Crippen LogP contribution is 2.38. The highest BCUT2D eigenvalue weighted by molar-refractivity contribution is 5.67. The Labute approximate surface area is 114 Å². The third-order valence-electron chi connectivity index (χ3n) is 2.95. The van der Waals surface area contributed by atoms with Gasteiger partial charge in [-0.1, -0.05) is 19.0 Å². The number of nitrogens with zero attached hydrogens (tertiary/aromatic N) is 2. The maximum Gasteiger partial charge on any atom is 0.267 e. The quantitative estimate of drug-likeness (QED) is 0.901. The number of aromatic hydroxyl groups is 1. The fourth-order valence-electron chi connectivity index (χ4n) is 1.80. The molecule has 1 aromatic heterocycles. The number of rotatable bonds is 4. The first-order valence-corrected chi connectivity index (χ1v) is 6.12. The van der Waals surface area contributed by atoms with Gasteiger partial charge in [0.15, 0.2) is 0 Å². The zero-order valence-electron chi connectivity index (χ0n) is 11.1. The SMILES string of the molecule is CC(C)c1cc(-c2noc(CN)n2)c(O)c(C(F)F)c1. The summed E-state index contributed by atoms with van der Waals surface area (Å²) in [6.45, 7) is 3.78. The molecule has 3 N–H and O–H groups in total. The third-order valence-corrected chi connectivity index (χ3v) is 2.95. The van der Waals surface area contributed by atoms with Gasteiger partial charge in [-0.05, 0) is 23.6 Å². The molecule has 0 radical (unpaired) electrons. The molecule has 0 fully saturated rings. The first-order chi connectivity index (χ1) is 9.43. The van der Waals surface area contributed by atoms with Crippen LogP contribution in [0.5, 0.6) is 5.75 Å². The molecular weight excluding hydrogens is 268 g/mol. The van der Waals surface area contributed by atoms with E-state index >= 15 is 0 Å². The molecule has 2 aromatic rings. The Morgan fingerprint density at radius 2 is 2.05 bits per heavy atom. The van der Waals surface area contributed by atoms with E-state index < -0.39 is 17.7 Å². The third kappa shape index (κ3) is 2.62. The molecule has 0 amide bonds. The number of halogens is 2. The van der Waals surface area contributed by atoms with Gasteiger partial charge in [-0.3, -0.25) is 0 Å². The van der Waals surface area contributed by atoms with Crippen LogP contribution in [0.25, 0.3) is 11.4 Å². The Morgan fingerprint density at radius 1 is 1.35 bits per heavy atom. The van der Waals surface area contributed by atoms with Crippen molar-refractivity contribution in [2.45, 2.75) is 32.7 Å². The minimum absolute atomic E-state index is 0.0210. The summed E-state index contributed by atoms with van der Waals surface area (Å²) in [5, 5.41) is 13.6.